The second-order valence-corrected chi connectivity index (χ2v) is 7.93. The normalized spacial score (nSPS) is 11.4. The number of methoxy groups -OCH3 is 1. The number of hydrogen-bond acceptors (Lipinski definition) is 4. The van der Waals surface area contributed by atoms with E-state index in [-0.39, 0.29) is 0 Å². The molecule has 0 bridgehead atoms. The van der Waals surface area contributed by atoms with Gasteiger partial charge in [0.2, 0.25) is 5.89 Å². The summed E-state index contributed by atoms with van der Waals surface area (Å²) >= 11 is 5.76. The lowest BCUT2D eigenvalue weighted by molar-refractivity contribution is 0.412. The number of nitrogens with zero attached hydrogens (tertiary/aromatic N) is 2. The SMILES string of the molecule is COc1ccc(C=Nc2ccc3oc(-c4ccc(I)cc4)nc3c2)cc1Br. The second-order valence-electron chi connectivity index (χ2n) is 5.83. The Morgan fingerprint density at radius 3 is 2.63 bits per heavy atom. The van der Waals surface area contributed by atoms with E-state index < -0.39 is 0 Å². The zero-order valence-electron chi connectivity index (χ0n) is 14.3. The van der Waals surface area contributed by atoms with Gasteiger partial charge in [-0.2, -0.15) is 0 Å². The number of benzene rings is 3. The van der Waals surface area contributed by atoms with Crippen molar-refractivity contribution in [3.63, 3.8) is 0 Å². The number of halogens is 2. The summed E-state index contributed by atoms with van der Waals surface area (Å²) in [6.07, 6.45) is 1.81. The van der Waals surface area contributed by atoms with Crippen molar-refractivity contribution in [1.29, 1.82) is 0 Å². The van der Waals surface area contributed by atoms with Crippen molar-refractivity contribution in [1.82, 2.24) is 4.98 Å². The molecule has 0 radical (unpaired) electrons. The van der Waals surface area contributed by atoms with Gasteiger partial charge in [0, 0.05) is 15.3 Å². The van der Waals surface area contributed by atoms with Crippen LogP contribution in [0.1, 0.15) is 5.56 Å². The number of ether oxygens (including phenoxy) is 1. The van der Waals surface area contributed by atoms with E-state index >= 15 is 0 Å². The highest BCUT2D eigenvalue weighted by molar-refractivity contribution is 14.1. The molecule has 0 atom stereocenters. The molecule has 0 saturated carbocycles. The predicted molar refractivity (Wildman–Crippen MR) is 120 cm³/mol. The van der Waals surface area contributed by atoms with E-state index in [0.717, 1.165) is 38.1 Å². The van der Waals surface area contributed by atoms with Crippen LogP contribution in [0.5, 0.6) is 5.75 Å². The highest BCUT2D eigenvalue weighted by atomic mass is 127. The van der Waals surface area contributed by atoms with Crippen LogP contribution < -0.4 is 4.74 Å². The average molecular weight is 533 g/mol. The van der Waals surface area contributed by atoms with Crippen molar-refractivity contribution in [2.24, 2.45) is 4.99 Å². The summed E-state index contributed by atoms with van der Waals surface area (Å²) in [4.78, 5) is 9.15. The number of fused-ring (bicyclic) bond motifs is 1. The van der Waals surface area contributed by atoms with E-state index in [1.807, 2.05) is 66.9 Å². The van der Waals surface area contributed by atoms with Crippen molar-refractivity contribution in [3.05, 3.63) is 74.3 Å². The maximum Gasteiger partial charge on any atom is 0.227 e. The molecule has 4 aromatic rings. The lowest BCUT2D eigenvalue weighted by atomic mass is 10.2. The molecule has 0 fully saturated rings. The van der Waals surface area contributed by atoms with E-state index in [4.69, 9.17) is 9.15 Å². The zero-order chi connectivity index (χ0) is 18.8. The van der Waals surface area contributed by atoms with Gasteiger partial charge in [-0.1, -0.05) is 0 Å². The summed E-state index contributed by atoms with van der Waals surface area (Å²) in [6.45, 7) is 0. The van der Waals surface area contributed by atoms with Gasteiger partial charge in [0.25, 0.3) is 0 Å². The van der Waals surface area contributed by atoms with Crippen molar-refractivity contribution in [3.8, 4) is 17.2 Å². The van der Waals surface area contributed by atoms with Crippen LogP contribution in [0.4, 0.5) is 5.69 Å². The van der Waals surface area contributed by atoms with Crippen LogP contribution in [-0.2, 0) is 0 Å². The molecule has 134 valence electrons. The Morgan fingerprint density at radius 2 is 1.89 bits per heavy atom. The van der Waals surface area contributed by atoms with E-state index in [9.17, 15) is 0 Å². The van der Waals surface area contributed by atoms with Gasteiger partial charge in [-0.15, -0.1) is 0 Å². The quantitative estimate of drug-likeness (QED) is 0.219. The Bertz CT molecular complexity index is 1140. The number of hydrogen-bond donors (Lipinski definition) is 0. The monoisotopic (exact) mass is 532 g/mol. The minimum absolute atomic E-state index is 0.613. The first-order chi connectivity index (χ1) is 13.1. The summed E-state index contributed by atoms with van der Waals surface area (Å²) in [5, 5.41) is 0. The van der Waals surface area contributed by atoms with Gasteiger partial charge in [-0.3, -0.25) is 4.99 Å². The van der Waals surface area contributed by atoms with E-state index in [0.29, 0.717) is 5.89 Å². The first-order valence-electron chi connectivity index (χ1n) is 8.16. The molecule has 1 heterocycles. The molecule has 27 heavy (non-hydrogen) atoms. The third kappa shape index (κ3) is 4.06. The highest BCUT2D eigenvalue weighted by Crippen LogP contribution is 2.28. The summed E-state index contributed by atoms with van der Waals surface area (Å²) in [5.41, 5.74) is 4.28. The van der Waals surface area contributed by atoms with Gasteiger partial charge >= 0.3 is 0 Å². The number of oxazole rings is 1. The van der Waals surface area contributed by atoms with Gasteiger partial charge in [-0.25, -0.2) is 4.98 Å². The highest BCUT2D eigenvalue weighted by Gasteiger charge is 2.08. The lowest BCUT2D eigenvalue weighted by Gasteiger charge is -2.03. The fourth-order valence-corrected chi connectivity index (χ4v) is 3.54. The Balaban J connectivity index is 1.61. The summed E-state index contributed by atoms with van der Waals surface area (Å²) in [5.74, 6) is 1.40. The van der Waals surface area contributed by atoms with Crippen LogP contribution in [0.2, 0.25) is 0 Å². The molecule has 3 aromatic carbocycles. The molecule has 0 saturated heterocycles. The van der Waals surface area contributed by atoms with Crippen LogP contribution in [0.3, 0.4) is 0 Å². The predicted octanol–water partition coefficient (Wildman–Crippen LogP) is 6.62. The van der Waals surface area contributed by atoms with Crippen molar-refractivity contribution >= 4 is 61.5 Å². The van der Waals surface area contributed by atoms with Gasteiger partial charge in [0.1, 0.15) is 11.3 Å². The minimum Gasteiger partial charge on any atom is -0.496 e. The van der Waals surface area contributed by atoms with Gasteiger partial charge in [0.15, 0.2) is 5.58 Å². The standard InChI is InChI=1S/C21H14BrIN2O2/c1-26-19-8-2-13(10-17(19)22)12-24-16-7-9-20-18(11-16)25-21(27-20)14-3-5-15(23)6-4-14/h2-12H,1H3. The van der Waals surface area contributed by atoms with Crippen molar-refractivity contribution in [2.75, 3.05) is 7.11 Å². The third-order valence-electron chi connectivity index (χ3n) is 4.00. The van der Waals surface area contributed by atoms with E-state index in [1.165, 1.54) is 3.57 Å². The molecular formula is C21H14BrIN2O2. The molecule has 6 heteroatoms. The maximum atomic E-state index is 5.87. The van der Waals surface area contributed by atoms with Gasteiger partial charge in [0.05, 0.1) is 17.3 Å². The molecule has 0 N–H and O–H groups in total. The summed E-state index contributed by atoms with van der Waals surface area (Å²) < 4.78 is 13.2. The van der Waals surface area contributed by atoms with E-state index in [2.05, 4.69) is 48.5 Å². The Kier molecular flexibility index (Phi) is 5.27. The molecular weight excluding hydrogens is 519 g/mol. The molecule has 0 unspecified atom stereocenters. The minimum atomic E-state index is 0.613. The summed E-state index contributed by atoms with van der Waals surface area (Å²) in [7, 11) is 1.64. The molecule has 0 aliphatic rings. The Labute approximate surface area is 178 Å². The van der Waals surface area contributed by atoms with Crippen LogP contribution in [-0.4, -0.2) is 18.3 Å². The lowest BCUT2D eigenvalue weighted by Crippen LogP contribution is -1.86. The van der Waals surface area contributed by atoms with Crippen LogP contribution in [0.25, 0.3) is 22.6 Å². The first kappa shape index (κ1) is 18.2. The summed E-state index contributed by atoms with van der Waals surface area (Å²) in [6, 6.07) is 19.6. The maximum absolute atomic E-state index is 5.87. The number of aromatic nitrogens is 1. The van der Waals surface area contributed by atoms with Gasteiger partial charge < -0.3 is 9.15 Å². The zero-order valence-corrected chi connectivity index (χ0v) is 18.1. The fourth-order valence-electron chi connectivity index (χ4n) is 2.62. The topological polar surface area (TPSA) is 47.6 Å². The number of aliphatic imine (C=N–C) groups is 1. The van der Waals surface area contributed by atoms with Crippen LogP contribution in [0, 0.1) is 3.57 Å². The van der Waals surface area contributed by atoms with Gasteiger partial charge in [-0.05, 0) is 105 Å². The molecule has 1 aromatic heterocycles. The van der Waals surface area contributed by atoms with Crippen molar-refractivity contribution < 1.29 is 9.15 Å². The first-order valence-corrected chi connectivity index (χ1v) is 10.0. The van der Waals surface area contributed by atoms with Crippen LogP contribution in [0.15, 0.2) is 74.5 Å². The number of rotatable bonds is 4. The molecule has 0 aliphatic heterocycles. The average Bonchev–Trinajstić information content (AvgIpc) is 3.10. The Hall–Kier alpha value is -2.19. The largest absolute Gasteiger partial charge is 0.496 e. The smallest absolute Gasteiger partial charge is 0.227 e. The third-order valence-corrected chi connectivity index (χ3v) is 5.34. The molecule has 0 spiro atoms. The molecule has 4 nitrogen and oxygen atoms in total. The van der Waals surface area contributed by atoms with E-state index in [1.54, 1.807) is 7.11 Å². The fraction of sp³-hybridized carbons (Fsp3) is 0.0476. The van der Waals surface area contributed by atoms with Crippen LogP contribution >= 0.6 is 38.5 Å². The second kappa shape index (κ2) is 7.82. The molecule has 4 rings (SSSR count). The van der Waals surface area contributed by atoms with Crippen molar-refractivity contribution in [2.45, 2.75) is 0 Å². The molecule has 0 aliphatic carbocycles. The molecule has 0 amide bonds. The Morgan fingerprint density at radius 1 is 1.07 bits per heavy atom.